The lowest BCUT2D eigenvalue weighted by molar-refractivity contribution is 0.0285. The fourth-order valence-corrected chi connectivity index (χ4v) is 3.60. The maximum atomic E-state index is 12.7. The Hall–Kier alpha value is -2.39. The summed E-state index contributed by atoms with van der Waals surface area (Å²) in [7, 11) is 4.07. The number of aromatic nitrogens is 1. The number of nitrogens with one attached hydrogen (secondary N) is 2. The Labute approximate surface area is 198 Å². The first-order valence-corrected chi connectivity index (χ1v) is 11.5. The molecule has 1 fully saturated rings. The molecule has 9 nitrogen and oxygen atoms in total. The van der Waals surface area contributed by atoms with E-state index in [1.165, 1.54) is 0 Å². The Morgan fingerprint density at radius 1 is 1.09 bits per heavy atom. The number of ether oxygens (including phenoxy) is 2. The fourth-order valence-electron chi connectivity index (χ4n) is 3.60. The Kier molecular flexibility index (Phi) is 9.08. The predicted molar refractivity (Wildman–Crippen MR) is 129 cm³/mol. The molecule has 1 aromatic rings. The molecule has 1 saturated heterocycles. The van der Waals surface area contributed by atoms with Crippen molar-refractivity contribution in [1.82, 2.24) is 20.1 Å². The molecule has 0 bridgehead atoms. The van der Waals surface area contributed by atoms with E-state index >= 15 is 0 Å². The number of hydrogen-bond acceptors (Lipinski definition) is 7. The molecule has 2 heterocycles. The quantitative estimate of drug-likeness (QED) is 0.640. The SMILES string of the molecule is CN(C)CCN[C@@H]1CN(C(=O)OC(C)(C)C)C[C@@H]1Cc1cccc(NC(=O)OC(C)(C)C)n1. The van der Waals surface area contributed by atoms with Gasteiger partial charge in [-0.25, -0.2) is 14.6 Å². The number of carbonyl (C=O) groups is 2. The lowest BCUT2D eigenvalue weighted by Crippen LogP contribution is -2.41. The number of amides is 2. The molecule has 0 aromatic carbocycles. The topological polar surface area (TPSA) is 96.0 Å². The first kappa shape index (κ1) is 26.9. The van der Waals surface area contributed by atoms with Crippen molar-refractivity contribution >= 4 is 18.0 Å². The van der Waals surface area contributed by atoms with Gasteiger partial charge in [-0.3, -0.25) is 5.32 Å². The molecule has 0 radical (unpaired) electrons. The van der Waals surface area contributed by atoms with Gasteiger partial charge in [0.15, 0.2) is 0 Å². The van der Waals surface area contributed by atoms with Crippen LogP contribution in [0.25, 0.3) is 0 Å². The highest BCUT2D eigenvalue weighted by atomic mass is 16.6. The molecule has 2 N–H and O–H groups in total. The third-order valence-corrected chi connectivity index (χ3v) is 4.97. The Balaban J connectivity index is 2.07. The lowest BCUT2D eigenvalue weighted by atomic mass is 9.97. The first-order chi connectivity index (χ1) is 15.2. The van der Waals surface area contributed by atoms with Crippen LogP contribution in [0.2, 0.25) is 0 Å². The summed E-state index contributed by atoms with van der Waals surface area (Å²) in [5.74, 6) is 0.616. The summed E-state index contributed by atoms with van der Waals surface area (Å²) in [5, 5.41) is 6.29. The molecule has 1 aliphatic rings. The number of likely N-dealkylation sites (tertiary alicyclic amines) is 1. The van der Waals surface area contributed by atoms with E-state index in [0.717, 1.165) is 18.8 Å². The molecule has 186 valence electrons. The van der Waals surface area contributed by atoms with Gasteiger partial charge in [-0.2, -0.15) is 0 Å². The van der Waals surface area contributed by atoms with Gasteiger partial charge in [0.05, 0.1) is 0 Å². The molecule has 0 spiro atoms. The van der Waals surface area contributed by atoms with E-state index in [1.807, 2.05) is 67.8 Å². The van der Waals surface area contributed by atoms with Crippen molar-refractivity contribution in [2.75, 3.05) is 45.6 Å². The summed E-state index contributed by atoms with van der Waals surface area (Å²) in [6.45, 7) is 14.0. The minimum absolute atomic E-state index is 0.127. The zero-order valence-corrected chi connectivity index (χ0v) is 21.4. The second kappa shape index (κ2) is 11.2. The Morgan fingerprint density at radius 2 is 1.76 bits per heavy atom. The summed E-state index contributed by atoms with van der Waals surface area (Å²) < 4.78 is 10.9. The highest BCUT2D eigenvalue weighted by molar-refractivity contribution is 5.83. The molecule has 33 heavy (non-hydrogen) atoms. The molecule has 2 rings (SSSR count). The third-order valence-electron chi connectivity index (χ3n) is 4.97. The maximum absolute atomic E-state index is 12.7. The van der Waals surface area contributed by atoms with E-state index in [-0.39, 0.29) is 18.1 Å². The van der Waals surface area contributed by atoms with Crippen LogP contribution in [0.4, 0.5) is 15.4 Å². The van der Waals surface area contributed by atoms with Crippen LogP contribution in [0, 0.1) is 5.92 Å². The monoisotopic (exact) mass is 463 g/mol. The smallest absolute Gasteiger partial charge is 0.413 e. The average molecular weight is 464 g/mol. The summed E-state index contributed by atoms with van der Waals surface area (Å²) in [6, 6.07) is 5.67. The van der Waals surface area contributed by atoms with Crippen molar-refractivity contribution in [3.05, 3.63) is 23.9 Å². The van der Waals surface area contributed by atoms with Crippen molar-refractivity contribution in [3.63, 3.8) is 0 Å². The molecule has 9 heteroatoms. The number of hydrogen-bond donors (Lipinski definition) is 2. The zero-order chi connectivity index (χ0) is 24.8. The van der Waals surface area contributed by atoms with Gasteiger partial charge in [-0.1, -0.05) is 6.07 Å². The van der Waals surface area contributed by atoms with Crippen LogP contribution in [-0.4, -0.2) is 84.5 Å². The zero-order valence-electron chi connectivity index (χ0n) is 21.4. The lowest BCUT2D eigenvalue weighted by Gasteiger charge is -2.24. The van der Waals surface area contributed by atoms with E-state index in [9.17, 15) is 9.59 Å². The van der Waals surface area contributed by atoms with Crippen LogP contribution >= 0.6 is 0 Å². The highest BCUT2D eigenvalue weighted by Crippen LogP contribution is 2.24. The number of anilines is 1. The van der Waals surface area contributed by atoms with Crippen LogP contribution < -0.4 is 10.6 Å². The van der Waals surface area contributed by atoms with Gasteiger partial charge in [0.2, 0.25) is 0 Å². The van der Waals surface area contributed by atoms with E-state index in [2.05, 4.69) is 20.5 Å². The van der Waals surface area contributed by atoms with E-state index in [4.69, 9.17) is 9.47 Å². The average Bonchev–Trinajstić information content (AvgIpc) is 3.01. The minimum atomic E-state index is -0.581. The van der Waals surface area contributed by atoms with Gasteiger partial charge in [0.1, 0.15) is 17.0 Å². The molecule has 2 atom stereocenters. The van der Waals surface area contributed by atoms with Gasteiger partial charge in [0, 0.05) is 37.9 Å². The normalized spacial score (nSPS) is 19.0. The maximum Gasteiger partial charge on any atom is 0.413 e. The second-order valence-corrected chi connectivity index (χ2v) is 10.9. The van der Waals surface area contributed by atoms with E-state index < -0.39 is 17.3 Å². The van der Waals surface area contributed by atoms with Gasteiger partial charge in [0.25, 0.3) is 0 Å². The minimum Gasteiger partial charge on any atom is -0.444 e. The van der Waals surface area contributed by atoms with Crippen LogP contribution in [-0.2, 0) is 15.9 Å². The van der Waals surface area contributed by atoms with Gasteiger partial charge in [-0.15, -0.1) is 0 Å². The van der Waals surface area contributed by atoms with Crippen molar-refractivity contribution < 1.29 is 19.1 Å². The van der Waals surface area contributed by atoms with Crippen molar-refractivity contribution in [2.45, 2.75) is 65.2 Å². The molecular weight excluding hydrogens is 422 g/mol. The van der Waals surface area contributed by atoms with Crippen molar-refractivity contribution in [3.8, 4) is 0 Å². The van der Waals surface area contributed by atoms with Gasteiger partial charge < -0.3 is 24.6 Å². The van der Waals surface area contributed by atoms with Crippen LogP contribution in [0.3, 0.4) is 0 Å². The summed E-state index contributed by atoms with van der Waals surface area (Å²) in [6.07, 6.45) is -0.159. The van der Waals surface area contributed by atoms with Crippen LogP contribution in [0.5, 0.6) is 0 Å². The fraction of sp³-hybridized carbons (Fsp3) is 0.708. The second-order valence-electron chi connectivity index (χ2n) is 10.9. The molecule has 2 amide bonds. The summed E-state index contributed by atoms with van der Waals surface area (Å²) >= 11 is 0. The van der Waals surface area contributed by atoms with Crippen molar-refractivity contribution in [1.29, 1.82) is 0 Å². The third kappa shape index (κ3) is 9.96. The summed E-state index contributed by atoms with van der Waals surface area (Å²) in [5.41, 5.74) is -0.270. The van der Waals surface area contributed by atoms with E-state index in [0.29, 0.717) is 25.3 Å². The van der Waals surface area contributed by atoms with Crippen LogP contribution in [0.15, 0.2) is 18.2 Å². The Morgan fingerprint density at radius 3 is 2.36 bits per heavy atom. The molecule has 0 unspecified atom stereocenters. The van der Waals surface area contributed by atoms with Crippen molar-refractivity contribution in [2.24, 2.45) is 5.92 Å². The van der Waals surface area contributed by atoms with E-state index in [1.54, 1.807) is 11.0 Å². The molecular formula is C24H41N5O4. The summed E-state index contributed by atoms with van der Waals surface area (Å²) in [4.78, 5) is 33.2. The largest absolute Gasteiger partial charge is 0.444 e. The predicted octanol–water partition coefficient (Wildman–Crippen LogP) is 3.36. The number of rotatable bonds is 7. The number of likely N-dealkylation sites (N-methyl/N-ethyl adjacent to an activating group) is 1. The molecule has 1 aromatic heterocycles. The number of carbonyl (C=O) groups excluding carboxylic acids is 2. The number of pyridine rings is 1. The Bertz CT molecular complexity index is 801. The molecule has 1 aliphatic heterocycles. The van der Waals surface area contributed by atoms with Crippen LogP contribution in [0.1, 0.15) is 47.2 Å². The molecule has 0 aliphatic carbocycles. The molecule has 0 saturated carbocycles. The first-order valence-electron chi connectivity index (χ1n) is 11.5. The highest BCUT2D eigenvalue weighted by Gasteiger charge is 2.37. The van der Waals surface area contributed by atoms with Gasteiger partial charge in [-0.05, 0) is 80.1 Å². The van der Waals surface area contributed by atoms with Gasteiger partial charge >= 0.3 is 12.2 Å². The standard InChI is InChI=1S/C24H41N5O4/c1-23(2,3)32-21(30)27-20-11-9-10-18(26-20)14-17-15-29(22(31)33-24(4,5)6)16-19(17)25-12-13-28(7)8/h9-11,17,19,25H,12-16H2,1-8H3,(H,26,27,30)/t17-,19+/m0/s1. The number of nitrogens with zero attached hydrogens (tertiary/aromatic N) is 3.